The lowest BCUT2D eigenvalue weighted by molar-refractivity contribution is -0.184. The third-order valence-electron chi connectivity index (χ3n) is 6.09. The molecule has 4 rings (SSSR count). The van der Waals surface area contributed by atoms with Crippen molar-refractivity contribution in [1.82, 2.24) is 10.8 Å². The van der Waals surface area contributed by atoms with Crippen LogP contribution >= 0.6 is 0 Å². The molecule has 2 aromatic rings. The number of anilines is 1. The molecule has 0 bridgehead atoms. The first kappa shape index (κ1) is 23.9. The van der Waals surface area contributed by atoms with Crippen molar-refractivity contribution in [3.05, 3.63) is 65.2 Å². The third-order valence-corrected chi connectivity index (χ3v) is 6.09. The summed E-state index contributed by atoms with van der Waals surface area (Å²) in [5.41, 5.74) is -1.38. The van der Waals surface area contributed by atoms with Crippen molar-refractivity contribution in [2.45, 2.75) is 30.2 Å². The summed E-state index contributed by atoms with van der Waals surface area (Å²) < 4.78 is 82.0. The number of hydroxylamine groups is 1. The van der Waals surface area contributed by atoms with E-state index in [1.165, 1.54) is 29.2 Å². The minimum Gasteiger partial charge on any atom is -0.370 e. The van der Waals surface area contributed by atoms with E-state index in [-0.39, 0.29) is 18.7 Å². The van der Waals surface area contributed by atoms with Crippen molar-refractivity contribution in [3.8, 4) is 0 Å². The van der Waals surface area contributed by atoms with E-state index in [2.05, 4.69) is 10.8 Å². The maximum atomic E-state index is 14.2. The van der Waals surface area contributed by atoms with Crippen LogP contribution in [0, 0.1) is 0 Å². The molecule has 2 atom stereocenters. The lowest BCUT2D eigenvalue weighted by atomic mass is 9.78. The van der Waals surface area contributed by atoms with E-state index in [9.17, 15) is 35.9 Å². The van der Waals surface area contributed by atoms with E-state index in [1.807, 2.05) is 0 Å². The van der Waals surface area contributed by atoms with Gasteiger partial charge in [-0.2, -0.15) is 26.3 Å². The van der Waals surface area contributed by atoms with Gasteiger partial charge in [-0.1, -0.05) is 18.2 Å². The third kappa shape index (κ3) is 4.41. The molecule has 2 aliphatic rings. The van der Waals surface area contributed by atoms with Crippen molar-refractivity contribution < 1.29 is 40.8 Å². The molecule has 12 heteroatoms. The Morgan fingerprint density at radius 2 is 1.79 bits per heavy atom. The van der Waals surface area contributed by atoms with Gasteiger partial charge in [0, 0.05) is 24.3 Å². The summed E-state index contributed by atoms with van der Waals surface area (Å²) in [6.07, 6.45) is -9.96. The molecule has 2 N–H and O–H groups in total. The van der Waals surface area contributed by atoms with E-state index >= 15 is 0 Å². The lowest BCUT2D eigenvalue weighted by Gasteiger charge is -2.33. The Labute approximate surface area is 189 Å². The minimum atomic E-state index is -4.78. The normalized spacial score (nSPS) is 23.2. The van der Waals surface area contributed by atoms with Gasteiger partial charge < -0.3 is 10.2 Å². The van der Waals surface area contributed by atoms with Crippen molar-refractivity contribution in [2.24, 2.45) is 0 Å². The highest BCUT2D eigenvalue weighted by atomic mass is 19.4. The standard InChI is InChI=1S/C22H19F6N3O3/c23-21(24,25)15-3-1-2-14(10-15)20(22(26,27)28)8-9-31(12-20)16-6-4-13(5-7-16)18(32)29-17-11-34-30-19(17)33/h1-7,10,17H,8-9,11-12H2,(H,29,32)(H,30,33). The number of rotatable bonds is 4. The fourth-order valence-electron chi connectivity index (χ4n) is 4.17. The smallest absolute Gasteiger partial charge is 0.370 e. The number of carbonyl (C=O) groups is 2. The van der Waals surface area contributed by atoms with Crippen LogP contribution in [0.2, 0.25) is 0 Å². The Kier molecular flexibility index (Phi) is 5.96. The van der Waals surface area contributed by atoms with Gasteiger partial charge in [-0.05, 0) is 42.3 Å². The monoisotopic (exact) mass is 487 g/mol. The van der Waals surface area contributed by atoms with Crippen LogP contribution in [0.4, 0.5) is 32.0 Å². The maximum absolute atomic E-state index is 14.2. The first-order valence-corrected chi connectivity index (χ1v) is 10.2. The number of amides is 2. The highest BCUT2D eigenvalue weighted by Crippen LogP contribution is 2.49. The fourth-order valence-corrected chi connectivity index (χ4v) is 4.17. The van der Waals surface area contributed by atoms with E-state index < -0.39 is 59.7 Å². The second kappa shape index (κ2) is 8.49. The minimum absolute atomic E-state index is 0.0362. The lowest BCUT2D eigenvalue weighted by Crippen LogP contribution is -2.45. The van der Waals surface area contributed by atoms with Gasteiger partial charge >= 0.3 is 12.4 Å². The summed E-state index contributed by atoms with van der Waals surface area (Å²) in [6, 6.07) is 8.22. The van der Waals surface area contributed by atoms with Crippen LogP contribution < -0.4 is 15.7 Å². The number of alkyl halides is 6. The van der Waals surface area contributed by atoms with Gasteiger partial charge in [0.05, 0.1) is 5.56 Å². The van der Waals surface area contributed by atoms with Crippen LogP contribution in [0.25, 0.3) is 0 Å². The zero-order valence-corrected chi connectivity index (χ0v) is 17.5. The first-order chi connectivity index (χ1) is 15.9. The largest absolute Gasteiger partial charge is 0.416 e. The number of nitrogens with zero attached hydrogens (tertiary/aromatic N) is 1. The summed E-state index contributed by atoms with van der Waals surface area (Å²) in [4.78, 5) is 30.0. The number of hydrogen-bond donors (Lipinski definition) is 2. The van der Waals surface area contributed by atoms with Crippen LogP contribution in [-0.2, 0) is 21.2 Å². The first-order valence-electron chi connectivity index (χ1n) is 10.2. The molecule has 6 nitrogen and oxygen atoms in total. The van der Waals surface area contributed by atoms with Crippen molar-refractivity contribution >= 4 is 17.5 Å². The molecule has 0 aliphatic carbocycles. The maximum Gasteiger partial charge on any atom is 0.416 e. The Balaban J connectivity index is 1.54. The van der Waals surface area contributed by atoms with Crippen molar-refractivity contribution in [2.75, 3.05) is 24.6 Å². The summed E-state index contributed by atoms with van der Waals surface area (Å²) in [6.45, 7) is -0.644. The fraction of sp³-hybridized carbons (Fsp3) is 0.364. The average molecular weight is 487 g/mol. The predicted octanol–water partition coefficient (Wildman–Crippen LogP) is 3.58. The zero-order chi connectivity index (χ0) is 24.7. The van der Waals surface area contributed by atoms with Gasteiger partial charge in [0.15, 0.2) is 0 Å². The SMILES string of the molecule is O=C(NC1CONC1=O)c1ccc(N2CCC(c3cccc(C(F)(F)F)c3)(C(F)(F)F)C2)cc1. The molecular formula is C22H19F6N3O3. The number of carbonyl (C=O) groups excluding carboxylic acids is 2. The molecule has 2 heterocycles. The Morgan fingerprint density at radius 3 is 2.38 bits per heavy atom. The molecule has 2 aromatic carbocycles. The molecule has 34 heavy (non-hydrogen) atoms. The second-order valence-electron chi connectivity index (χ2n) is 8.18. The van der Waals surface area contributed by atoms with E-state index in [1.54, 1.807) is 0 Å². The van der Waals surface area contributed by atoms with Crippen LogP contribution in [-0.4, -0.2) is 43.7 Å². The van der Waals surface area contributed by atoms with Gasteiger partial charge in [-0.25, -0.2) is 5.48 Å². The van der Waals surface area contributed by atoms with E-state index in [4.69, 9.17) is 4.84 Å². The van der Waals surface area contributed by atoms with Gasteiger partial charge in [-0.3, -0.25) is 14.4 Å². The summed E-state index contributed by atoms with van der Waals surface area (Å²) in [5, 5.41) is 2.48. The Bertz CT molecular complexity index is 1090. The summed E-state index contributed by atoms with van der Waals surface area (Å²) in [5.74, 6) is -1.06. The van der Waals surface area contributed by atoms with Crippen LogP contribution in [0.5, 0.6) is 0 Å². The highest BCUT2D eigenvalue weighted by molar-refractivity contribution is 5.98. The van der Waals surface area contributed by atoms with Gasteiger partial charge in [0.2, 0.25) is 0 Å². The molecule has 0 saturated carbocycles. The second-order valence-corrected chi connectivity index (χ2v) is 8.18. The number of halogens is 6. The molecule has 2 aliphatic heterocycles. The van der Waals surface area contributed by atoms with E-state index in [0.29, 0.717) is 11.8 Å². The Morgan fingerprint density at radius 1 is 1.09 bits per heavy atom. The molecule has 2 amide bonds. The number of hydrogen-bond acceptors (Lipinski definition) is 4. The van der Waals surface area contributed by atoms with Crippen LogP contribution in [0.3, 0.4) is 0 Å². The molecule has 2 fully saturated rings. The van der Waals surface area contributed by atoms with Crippen LogP contribution in [0.15, 0.2) is 48.5 Å². The molecule has 0 spiro atoms. The Hall–Kier alpha value is -3.28. The zero-order valence-electron chi connectivity index (χ0n) is 17.5. The quantitative estimate of drug-likeness (QED) is 0.648. The molecule has 2 saturated heterocycles. The molecule has 182 valence electrons. The van der Waals surface area contributed by atoms with Crippen molar-refractivity contribution in [1.29, 1.82) is 0 Å². The molecule has 2 unspecified atom stereocenters. The average Bonchev–Trinajstić information content (AvgIpc) is 3.41. The predicted molar refractivity (Wildman–Crippen MR) is 108 cm³/mol. The topological polar surface area (TPSA) is 70.7 Å². The highest BCUT2D eigenvalue weighted by Gasteiger charge is 2.59. The molecule has 0 aromatic heterocycles. The summed E-state index contributed by atoms with van der Waals surface area (Å²) >= 11 is 0. The number of nitrogens with one attached hydrogen (secondary N) is 2. The summed E-state index contributed by atoms with van der Waals surface area (Å²) in [7, 11) is 0. The molecular weight excluding hydrogens is 468 g/mol. The van der Waals surface area contributed by atoms with Gasteiger partial charge in [0.25, 0.3) is 11.8 Å². The van der Waals surface area contributed by atoms with Gasteiger partial charge in [-0.15, -0.1) is 0 Å². The van der Waals surface area contributed by atoms with Crippen LogP contribution in [0.1, 0.15) is 27.9 Å². The van der Waals surface area contributed by atoms with Gasteiger partial charge in [0.1, 0.15) is 18.1 Å². The number of benzene rings is 2. The van der Waals surface area contributed by atoms with E-state index in [0.717, 1.165) is 18.2 Å². The molecule has 0 radical (unpaired) electrons. The van der Waals surface area contributed by atoms with Crippen molar-refractivity contribution in [3.63, 3.8) is 0 Å².